The number of rotatable bonds is 3. The molecule has 0 radical (unpaired) electrons. The summed E-state index contributed by atoms with van der Waals surface area (Å²) >= 11 is 0. The molecule has 1 fully saturated rings. The number of benzene rings is 1. The van der Waals surface area contributed by atoms with Crippen LogP contribution in [0.15, 0.2) is 49.1 Å². The summed E-state index contributed by atoms with van der Waals surface area (Å²) < 4.78 is 2.31. The maximum atomic E-state index is 8.92. The van der Waals surface area contributed by atoms with Gasteiger partial charge in [0.25, 0.3) is 0 Å². The van der Waals surface area contributed by atoms with Crippen LogP contribution in [0.4, 0.5) is 0 Å². The van der Waals surface area contributed by atoms with Gasteiger partial charge in [-0.25, -0.2) is 9.97 Å². The van der Waals surface area contributed by atoms with Gasteiger partial charge < -0.3 is 9.55 Å². The predicted octanol–water partition coefficient (Wildman–Crippen LogP) is 3.23. The number of imidazole rings is 1. The quantitative estimate of drug-likeness (QED) is 0.620. The first kappa shape index (κ1) is 15.1. The smallest absolute Gasteiger partial charge is 0.139 e. The summed E-state index contributed by atoms with van der Waals surface area (Å²) in [4.78, 5) is 14.6. The molecule has 0 bridgehead atoms. The van der Waals surface area contributed by atoms with E-state index in [1.165, 1.54) is 11.1 Å². The third kappa shape index (κ3) is 2.45. The number of nitrogens with one attached hydrogen (secondary N) is 1. The molecule has 1 unspecified atom stereocenters. The molecule has 1 atom stereocenters. The number of nitrogens with zero attached hydrogens (tertiary/aromatic N) is 5. The topological polar surface area (TPSA) is 73.5 Å². The van der Waals surface area contributed by atoms with Crippen molar-refractivity contribution in [3.8, 4) is 6.07 Å². The van der Waals surface area contributed by atoms with Crippen molar-refractivity contribution in [3.63, 3.8) is 0 Å². The normalized spacial score (nSPS) is 17.9. The predicted molar refractivity (Wildman–Crippen MR) is 99.5 cm³/mol. The van der Waals surface area contributed by atoms with Crippen LogP contribution in [0.2, 0.25) is 0 Å². The molecule has 26 heavy (non-hydrogen) atoms. The third-order valence-corrected chi connectivity index (χ3v) is 5.25. The van der Waals surface area contributed by atoms with E-state index in [-0.39, 0.29) is 0 Å². The summed E-state index contributed by atoms with van der Waals surface area (Å²) in [5, 5.41) is 10.1. The van der Waals surface area contributed by atoms with Crippen LogP contribution in [0.5, 0.6) is 0 Å². The fourth-order valence-corrected chi connectivity index (χ4v) is 3.93. The Morgan fingerprint density at radius 3 is 2.92 bits per heavy atom. The Kier molecular flexibility index (Phi) is 3.47. The summed E-state index contributed by atoms with van der Waals surface area (Å²) in [5.74, 6) is 0. The Balaban J connectivity index is 1.39. The Labute approximate surface area is 150 Å². The fourth-order valence-electron chi connectivity index (χ4n) is 3.93. The second-order valence-electron chi connectivity index (χ2n) is 6.87. The van der Waals surface area contributed by atoms with Gasteiger partial charge in [-0.15, -0.1) is 0 Å². The van der Waals surface area contributed by atoms with Crippen molar-refractivity contribution in [2.45, 2.75) is 19.0 Å². The first-order valence-electron chi connectivity index (χ1n) is 8.82. The highest BCUT2D eigenvalue weighted by Gasteiger charge is 2.25. The van der Waals surface area contributed by atoms with E-state index in [1.807, 2.05) is 43.0 Å². The van der Waals surface area contributed by atoms with Crippen LogP contribution in [0.3, 0.4) is 0 Å². The molecular formula is C20H18N6. The molecule has 1 N–H and O–H groups in total. The molecule has 6 heteroatoms. The molecular weight excluding hydrogens is 324 g/mol. The molecule has 0 spiro atoms. The lowest BCUT2D eigenvalue weighted by Crippen LogP contribution is -2.21. The number of H-pyrrole nitrogens is 1. The first-order valence-corrected chi connectivity index (χ1v) is 8.82. The molecule has 1 aliphatic rings. The van der Waals surface area contributed by atoms with E-state index in [2.05, 4.69) is 36.6 Å². The first-order chi connectivity index (χ1) is 12.8. The van der Waals surface area contributed by atoms with E-state index in [4.69, 9.17) is 5.26 Å². The van der Waals surface area contributed by atoms with Gasteiger partial charge in [-0.3, -0.25) is 4.90 Å². The van der Waals surface area contributed by atoms with Crippen LogP contribution in [0, 0.1) is 11.3 Å². The van der Waals surface area contributed by atoms with Crippen LogP contribution in [0.1, 0.15) is 23.6 Å². The molecule has 6 nitrogen and oxygen atoms in total. The number of fused-ring (bicyclic) bond motifs is 3. The van der Waals surface area contributed by atoms with E-state index in [1.54, 1.807) is 0 Å². The average molecular weight is 342 g/mol. The van der Waals surface area contributed by atoms with Crippen molar-refractivity contribution in [1.29, 1.82) is 5.26 Å². The van der Waals surface area contributed by atoms with Gasteiger partial charge in [-0.1, -0.05) is 12.1 Å². The van der Waals surface area contributed by atoms with Crippen LogP contribution in [-0.2, 0) is 6.54 Å². The standard InChI is InChI=1S/C20H18N6/c21-9-14-1-3-15(4-2-14)11-25-8-6-16(12-25)26-13-24-18-10-23-20-17(19(18)26)5-7-22-20/h1-5,7,10,13,16H,6,8,11-12H2,(H,22,23). The minimum Gasteiger partial charge on any atom is -0.346 e. The van der Waals surface area contributed by atoms with Crippen molar-refractivity contribution < 1.29 is 0 Å². The number of hydrogen-bond acceptors (Lipinski definition) is 4. The zero-order chi connectivity index (χ0) is 17.5. The number of pyridine rings is 1. The van der Waals surface area contributed by atoms with Gasteiger partial charge in [-0.2, -0.15) is 5.26 Å². The lowest BCUT2D eigenvalue weighted by atomic mass is 10.1. The maximum absolute atomic E-state index is 8.92. The zero-order valence-corrected chi connectivity index (χ0v) is 14.3. The Morgan fingerprint density at radius 2 is 2.08 bits per heavy atom. The molecule has 4 aromatic rings. The number of aromatic amines is 1. The average Bonchev–Trinajstić information content (AvgIpc) is 3.40. The van der Waals surface area contributed by atoms with Crippen molar-refractivity contribution in [2.75, 3.05) is 13.1 Å². The number of likely N-dealkylation sites (tertiary alicyclic amines) is 1. The van der Waals surface area contributed by atoms with E-state index in [0.717, 1.165) is 42.6 Å². The van der Waals surface area contributed by atoms with E-state index >= 15 is 0 Å². The van der Waals surface area contributed by atoms with Crippen molar-refractivity contribution in [3.05, 3.63) is 60.2 Å². The molecule has 0 amide bonds. The van der Waals surface area contributed by atoms with Crippen LogP contribution in [0.25, 0.3) is 22.1 Å². The monoisotopic (exact) mass is 342 g/mol. The van der Waals surface area contributed by atoms with E-state index < -0.39 is 0 Å². The summed E-state index contributed by atoms with van der Waals surface area (Å²) in [7, 11) is 0. The number of aromatic nitrogens is 4. The highest BCUT2D eigenvalue weighted by Crippen LogP contribution is 2.30. The minimum atomic E-state index is 0.416. The van der Waals surface area contributed by atoms with Gasteiger partial charge in [-0.05, 0) is 30.2 Å². The van der Waals surface area contributed by atoms with Crippen LogP contribution >= 0.6 is 0 Å². The molecule has 0 saturated carbocycles. The van der Waals surface area contributed by atoms with Gasteiger partial charge in [0.05, 0.1) is 29.7 Å². The van der Waals surface area contributed by atoms with Gasteiger partial charge in [0, 0.05) is 37.3 Å². The Hall–Kier alpha value is -3.17. The molecule has 128 valence electrons. The molecule has 3 aromatic heterocycles. The zero-order valence-electron chi connectivity index (χ0n) is 14.3. The van der Waals surface area contributed by atoms with E-state index in [9.17, 15) is 0 Å². The van der Waals surface area contributed by atoms with Crippen molar-refractivity contribution >= 4 is 22.1 Å². The van der Waals surface area contributed by atoms with Crippen LogP contribution in [-0.4, -0.2) is 37.5 Å². The minimum absolute atomic E-state index is 0.416. The highest BCUT2D eigenvalue weighted by atomic mass is 15.2. The second kappa shape index (κ2) is 5.97. The van der Waals surface area contributed by atoms with Crippen molar-refractivity contribution in [2.24, 2.45) is 0 Å². The van der Waals surface area contributed by atoms with E-state index in [0.29, 0.717) is 11.6 Å². The summed E-state index contributed by atoms with van der Waals surface area (Å²) in [6.07, 6.45) is 6.83. The van der Waals surface area contributed by atoms with Crippen molar-refractivity contribution in [1.82, 2.24) is 24.4 Å². The Morgan fingerprint density at radius 1 is 1.19 bits per heavy atom. The number of hydrogen-bond donors (Lipinski definition) is 1. The molecule has 1 aromatic carbocycles. The number of nitriles is 1. The fraction of sp³-hybridized carbons (Fsp3) is 0.250. The SMILES string of the molecule is N#Cc1ccc(CN2CCC(n3cnc4cnc5[nH]ccc5c43)C2)cc1. The molecule has 4 heterocycles. The summed E-state index contributed by atoms with van der Waals surface area (Å²) in [6, 6.07) is 12.5. The molecule has 0 aliphatic carbocycles. The summed E-state index contributed by atoms with van der Waals surface area (Å²) in [5.41, 5.74) is 4.98. The Bertz CT molecular complexity index is 1110. The highest BCUT2D eigenvalue weighted by molar-refractivity contribution is 6.00. The lowest BCUT2D eigenvalue weighted by Gasteiger charge is -2.17. The largest absolute Gasteiger partial charge is 0.346 e. The lowest BCUT2D eigenvalue weighted by molar-refractivity contribution is 0.317. The molecule has 5 rings (SSSR count). The molecule has 1 saturated heterocycles. The van der Waals surface area contributed by atoms with Crippen LogP contribution < -0.4 is 0 Å². The summed E-state index contributed by atoms with van der Waals surface area (Å²) in [6.45, 7) is 2.97. The third-order valence-electron chi connectivity index (χ3n) is 5.25. The van der Waals surface area contributed by atoms with Gasteiger partial charge in [0.15, 0.2) is 0 Å². The maximum Gasteiger partial charge on any atom is 0.139 e. The van der Waals surface area contributed by atoms with Gasteiger partial charge >= 0.3 is 0 Å². The van der Waals surface area contributed by atoms with Gasteiger partial charge in [0.1, 0.15) is 11.2 Å². The second-order valence-corrected chi connectivity index (χ2v) is 6.87. The van der Waals surface area contributed by atoms with Gasteiger partial charge in [0.2, 0.25) is 0 Å². The molecule has 1 aliphatic heterocycles.